The molecule has 4 heteroatoms. The third-order valence-electron chi connectivity index (χ3n) is 2.04. The van der Waals surface area contributed by atoms with E-state index in [1.165, 1.54) is 6.07 Å². The molecule has 0 radical (unpaired) electrons. The quantitative estimate of drug-likeness (QED) is 0.473. The summed E-state index contributed by atoms with van der Waals surface area (Å²) in [5.74, 6) is -1.87. The number of nitriles is 1. The lowest BCUT2D eigenvalue weighted by Gasteiger charge is -2.00. The molecule has 0 aliphatic rings. The van der Waals surface area contributed by atoms with Gasteiger partial charge in [0.25, 0.3) is 0 Å². The van der Waals surface area contributed by atoms with E-state index in [0.29, 0.717) is 5.56 Å². The molecule has 0 aromatic heterocycles. The van der Waals surface area contributed by atoms with E-state index in [9.17, 15) is 9.59 Å². The van der Waals surface area contributed by atoms with E-state index in [-0.39, 0.29) is 0 Å². The van der Waals surface area contributed by atoms with Crippen molar-refractivity contribution < 1.29 is 14.7 Å². The molecule has 1 rings (SSSR count). The molecule has 1 N–H and O–H groups in total. The zero-order valence-corrected chi connectivity index (χ0v) is 8.60. The van der Waals surface area contributed by atoms with Gasteiger partial charge < -0.3 is 5.11 Å². The Kier molecular flexibility index (Phi) is 3.57. The highest BCUT2D eigenvalue weighted by Gasteiger charge is 2.11. The maximum Gasteiger partial charge on any atom is 0.346 e. The van der Waals surface area contributed by atoms with Crippen molar-refractivity contribution in [2.75, 3.05) is 0 Å². The van der Waals surface area contributed by atoms with Gasteiger partial charge in [-0.1, -0.05) is 24.3 Å². The Morgan fingerprint density at radius 3 is 2.50 bits per heavy atom. The van der Waals surface area contributed by atoms with Gasteiger partial charge in [0.05, 0.1) is 0 Å². The van der Waals surface area contributed by atoms with Crippen LogP contribution in [0.15, 0.2) is 35.9 Å². The van der Waals surface area contributed by atoms with Crippen LogP contribution >= 0.6 is 0 Å². The lowest BCUT2D eigenvalue weighted by molar-refractivity contribution is -0.132. The molecule has 1 aromatic rings. The van der Waals surface area contributed by atoms with Crippen molar-refractivity contribution in [3.05, 3.63) is 47.0 Å². The van der Waals surface area contributed by atoms with E-state index in [2.05, 4.69) is 0 Å². The molecule has 0 saturated carbocycles. The Bertz CT molecular complexity index is 509. The number of rotatable bonds is 3. The fourth-order valence-electron chi connectivity index (χ4n) is 1.20. The second-order valence-corrected chi connectivity index (χ2v) is 3.15. The molecule has 0 unspecified atom stereocenters. The van der Waals surface area contributed by atoms with Crippen molar-refractivity contribution in [2.45, 2.75) is 6.92 Å². The Balaban J connectivity index is 3.10. The summed E-state index contributed by atoms with van der Waals surface area (Å²) in [7, 11) is 0. The number of nitrogens with zero attached hydrogens (tertiary/aromatic N) is 1. The number of ketones is 1. The fraction of sp³-hybridized carbons (Fsp3) is 0.0833. The van der Waals surface area contributed by atoms with Crippen molar-refractivity contribution in [2.24, 2.45) is 0 Å². The molecular weight excluding hydrogens is 206 g/mol. The molecule has 0 amide bonds. The summed E-state index contributed by atoms with van der Waals surface area (Å²) in [5.41, 5.74) is 0.580. The number of allylic oxidation sites excluding steroid dienone is 1. The first-order chi connectivity index (χ1) is 7.56. The minimum absolute atomic E-state index is 0.400. The maximum atomic E-state index is 11.6. The van der Waals surface area contributed by atoms with Crippen LogP contribution < -0.4 is 0 Å². The van der Waals surface area contributed by atoms with Crippen LogP contribution in [-0.4, -0.2) is 16.9 Å². The molecule has 0 atom stereocenters. The van der Waals surface area contributed by atoms with Gasteiger partial charge in [-0.25, -0.2) is 4.79 Å². The van der Waals surface area contributed by atoms with E-state index in [1.54, 1.807) is 31.2 Å². The van der Waals surface area contributed by atoms with Gasteiger partial charge in [0, 0.05) is 11.6 Å². The minimum Gasteiger partial charge on any atom is -0.477 e. The number of carbonyl (C=O) groups is 2. The summed E-state index contributed by atoms with van der Waals surface area (Å²) >= 11 is 0. The number of carboxylic acids is 1. The van der Waals surface area contributed by atoms with Crippen LogP contribution in [0.25, 0.3) is 0 Å². The summed E-state index contributed by atoms with van der Waals surface area (Å²) in [6.07, 6.45) is 0.838. The van der Waals surface area contributed by atoms with Gasteiger partial charge in [0.15, 0.2) is 5.78 Å². The van der Waals surface area contributed by atoms with Gasteiger partial charge in [-0.2, -0.15) is 5.26 Å². The van der Waals surface area contributed by atoms with Gasteiger partial charge in [-0.05, 0) is 12.5 Å². The van der Waals surface area contributed by atoms with Gasteiger partial charge >= 0.3 is 5.97 Å². The van der Waals surface area contributed by atoms with E-state index in [1.807, 2.05) is 0 Å². The van der Waals surface area contributed by atoms with E-state index in [0.717, 1.165) is 11.6 Å². The Labute approximate surface area is 92.4 Å². The number of carboxylic acid groups (broad SMARTS) is 1. The first kappa shape index (κ1) is 11.7. The molecule has 0 spiro atoms. The third kappa shape index (κ3) is 2.55. The third-order valence-corrected chi connectivity index (χ3v) is 2.04. The lowest BCUT2D eigenvalue weighted by Crippen LogP contribution is -2.04. The Morgan fingerprint density at radius 2 is 2.00 bits per heavy atom. The molecule has 0 bridgehead atoms. The number of carbonyl (C=O) groups excluding carboxylic acids is 1. The number of hydrogen-bond acceptors (Lipinski definition) is 3. The topological polar surface area (TPSA) is 78.2 Å². The van der Waals surface area contributed by atoms with Crippen molar-refractivity contribution in [1.82, 2.24) is 0 Å². The second kappa shape index (κ2) is 4.89. The summed E-state index contributed by atoms with van der Waals surface area (Å²) in [5, 5.41) is 17.1. The predicted octanol–water partition coefficient (Wildman–Crippen LogP) is 1.71. The van der Waals surface area contributed by atoms with Crippen LogP contribution in [-0.2, 0) is 4.79 Å². The Hall–Kier alpha value is -2.41. The summed E-state index contributed by atoms with van der Waals surface area (Å²) in [4.78, 5) is 22.2. The largest absolute Gasteiger partial charge is 0.477 e. The molecule has 0 heterocycles. The van der Waals surface area contributed by atoms with Crippen LogP contribution in [0.2, 0.25) is 0 Å². The molecule has 0 saturated heterocycles. The van der Waals surface area contributed by atoms with Crippen LogP contribution in [0.1, 0.15) is 15.9 Å². The van der Waals surface area contributed by atoms with Crippen molar-refractivity contribution >= 4 is 11.8 Å². The standard InChI is InChI=1S/C12H9NO3/c1-8-4-2-3-5-10(8)11(14)6-9(7-13)12(15)16/h2-6H,1H3,(H,15,16). The van der Waals surface area contributed by atoms with Crippen molar-refractivity contribution in [1.29, 1.82) is 5.26 Å². The predicted molar refractivity (Wildman–Crippen MR) is 56.8 cm³/mol. The zero-order chi connectivity index (χ0) is 12.1. The molecular formula is C12H9NO3. The highest BCUT2D eigenvalue weighted by molar-refractivity contribution is 6.10. The highest BCUT2D eigenvalue weighted by atomic mass is 16.4. The average molecular weight is 215 g/mol. The number of aryl methyl sites for hydroxylation is 1. The number of benzene rings is 1. The smallest absolute Gasteiger partial charge is 0.346 e. The molecule has 0 aliphatic heterocycles. The van der Waals surface area contributed by atoms with E-state index >= 15 is 0 Å². The van der Waals surface area contributed by atoms with E-state index < -0.39 is 17.3 Å². The number of aliphatic carboxylic acids is 1. The van der Waals surface area contributed by atoms with Crippen LogP contribution in [0.4, 0.5) is 0 Å². The molecule has 0 fully saturated rings. The first-order valence-electron chi connectivity index (χ1n) is 4.51. The minimum atomic E-state index is -1.40. The van der Waals surface area contributed by atoms with Crippen LogP contribution in [0.5, 0.6) is 0 Å². The number of hydrogen-bond donors (Lipinski definition) is 1. The molecule has 1 aromatic carbocycles. The maximum absolute atomic E-state index is 11.6. The summed E-state index contributed by atoms with van der Waals surface area (Å²) in [6.45, 7) is 1.74. The lowest BCUT2D eigenvalue weighted by atomic mass is 10.0. The SMILES string of the molecule is Cc1ccccc1C(=O)C=C(C#N)C(=O)O. The monoisotopic (exact) mass is 215 g/mol. The molecule has 4 nitrogen and oxygen atoms in total. The normalized spacial score (nSPS) is 10.6. The van der Waals surface area contributed by atoms with Crippen molar-refractivity contribution in [3.63, 3.8) is 0 Å². The van der Waals surface area contributed by atoms with Gasteiger partial charge in [-0.15, -0.1) is 0 Å². The average Bonchev–Trinajstić information content (AvgIpc) is 2.25. The van der Waals surface area contributed by atoms with E-state index in [4.69, 9.17) is 10.4 Å². The summed E-state index contributed by atoms with van der Waals surface area (Å²) < 4.78 is 0. The highest BCUT2D eigenvalue weighted by Crippen LogP contribution is 2.09. The second-order valence-electron chi connectivity index (χ2n) is 3.15. The van der Waals surface area contributed by atoms with Crippen LogP contribution in [0, 0.1) is 18.3 Å². The zero-order valence-electron chi connectivity index (χ0n) is 8.60. The molecule has 16 heavy (non-hydrogen) atoms. The van der Waals surface area contributed by atoms with Gasteiger partial charge in [0.2, 0.25) is 0 Å². The van der Waals surface area contributed by atoms with Crippen molar-refractivity contribution in [3.8, 4) is 6.07 Å². The van der Waals surface area contributed by atoms with Crippen LogP contribution in [0.3, 0.4) is 0 Å². The Morgan fingerprint density at radius 1 is 1.38 bits per heavy atom. The fourth-order valence-corrected chi connectivity index (χ4v) is 1.20. The van der Waals surface area contributed by atoms with Gasteiger partial charge in [0.1, 0.15) is 11.6 Å². The molecule has 80 valence electrons. The first-order valence-corrected chi connectivity index (χ1v) is 4.51. The molecule has 0 aliphatic carbocycles. The van der Waals surface area contributed by atoms with Gasteiger partial charge in [-0.3, -0.25) is 4.79 Å². The summed E-state index contributed by atoms with van der Waals surface area (Å²) in [6, 6.07) is 8.25.